The van der Waals surface area contributed by atoms with Crippen LogP contribution in [0.15, 0.2) is 68.2 Å². The van der Waals surface area contributed by atoms with Crippen LogP contribution in [0.5, 0.6) is 5.75 Å². The minimum Gasteiger partial charge on any atom is -0.495 e. The van der Waals surface area contributed by atoms with Crippen molar-refractivity contribution in [2.45, 2.75) is 0 Å². The van der Waals surface area contributed by atoms with Crippen molar-refractivity contribution in [2.24, 2.45) is 0 Å². The predicted molar refractivity (Wildman–Crippen MR) is 113 cm³/mol. The number of nitrogens with zero attached hydrogens (tertiary/aromatic N) is 2. The Kier molecular flexibility index (Phi) is 4.43. The summed E-state index contributed by atoms with van der Waals surface area (Å²) >= 11 is 0. The molecule has 3 heterocycles. The Hall–Kier alpha value is -3.74. The SMILES string of the molecule is COc1ccccc1N1CCN(C(=O)c2cc3c(=O)c4ccccc4oc3o2)CC1. The Balaban J connectivity index is 1.38. The van der Waals surface area contributed by atoms with E-state index in [-0.39, 0.29) is 28.3 Å². The second-order valence-electron chi connectivity index (χ2n) is 7.19. The number of rotatable bonds is 3. The third-order valence-electron chi connectivity index (χ3n) is 5.48. The molecule has 0 bridgehead atoms. The van der Waals surface area contributed by atoms with Gasteiger partial charge in [0.25, 0.3) is 5.91 Å². The van der Waals surface area contributed by atoms with Gasteiger partial charge in [-0.25, -0.2) is 0 Å². The molecule has 7 heteroatoms. The lowest BCUT2D eigenvalue weighted by molar-refractivity contribution is 0.0715. The standard InChI is InChI=1S/C23H20N2O5/c1-28-19-9-5-3-7-17(19)24-10-12-25(13-11-24)22(27)20-14-16-21(26)15-6-2-4-8-18(15)29-23(16)30-20/h2-9,14H,10-13H2,1H3. The van der Waals surface area contributed by atoms with E-state index in [1.807, 2.05) is 24.3 Å². The highest BCUT2D eigenvalue weighted by molar-refractivity contribution is 5.97. The molecule has 1 aliphatic rings. The minimum atomic E-state index is -0.246. The summed E-state index contributed by atoms with van der Waals surface area (Å²) in [5, 5.41) is 0.750. The second-order valence-corrected chi connectivity index (χ2v) is 7.19. The highest BCUT2D eigenvalue weighted by Gasteiger charge is 2.27. The number of amides is 1. The van der Waals surface area contributed by atoms with Gasteiger partial charge < -0.3 is 23.4 Å². The zero-order valence-electron chi connectivity index (χ0n) is 16.5. The van der Waals surface area contributed by atoms with Gasteiger partial charge in [0.15, 0.2) is 5.76 Å². The average molecular weight is 404 g/mol. The Morgan fingerprint density at radius 1 is 0.933 bits per heavy atom. The topological polar surface area (TPSA) is 76.1 Å². The van der Waals surface area contributed by atoms with Crippen LogP contribution in [0.2, 0.25) is 0 Å². The van der Waals surface area contributed by atoms with Crippen molar-refractivity contribution in [3.63, 3.8) is 0 Å². The van der Waals surface area contributed by atoms with E-state index in [1.165, 1.54) is 6.07 Å². The van der Waals surface area contributed by atoms with Crippen LogP contribution in [0, 0.1) is 0 Å². The van der Waals surface area contributed by atoms with Gasteiger partial charge in [0.1, 0.15) is 16.7 Å². The van der Waals surface area contributed by atoms with Crippen molar-refractivity contribution in [2.75, 3.05) is 38.2 Å². The molecule has 1 aliphatic heterocycles. The molecule has 2 aromatic heterocycles. The molecule has 1 fully saturated rings. The van der Waals surface area contributed by atoms with E-state index in [2.05, 4.69) is 4.90 Å². The van der Waals surface area contributed by atoms with Crippen molar-refractivity contribution in [1.82, 2.24) is 4.90 Å². The number of carbonyl (C=O) groups excluding carboxylic acids is 1. The van der Waals surface area contributed by atoms with Crippen molar-refractivity contribution >= 4 is 33.7 Å². The molecule has 0 saturated carbocycles. The average Bonchev–Trinajstić information content (AvgIpc) is 3.23. The van der Waals surface area contributed by atoms with Gasteiger partial charge in [-0.2, -0.15) is 0 Å². The molecule has 0 unspecified atom stereocenters. The normalized spacial score (nSPS) is 14.4. The van der Waals surface area contributed by atoms with Crippen LogP contribution in [0.1, 0.15) is 10.6 Å². The lowest BCUT2D eigenvalue weighted by Gasteiger charge is -2.36. The van der Waals surface area contributed by atoms with E-state index in [0.717, 1.165) is 11.4 Å². The maximum atomic E-state index is 13.0. The molecule has 0 atom stereocenters. The zero-order chi connectivity index (χ0) is 20.7. The van der Waals surface area contributed by atoms with E-state index in [0.29, 0.717) is 37.1 Å². The molecular formula is C23H20N2O5. The predicted octanol–water partition coefficient (Wildman–Crippen LogP) is 3.51. The number of fused-ring (bicyclic) bond motifs is 2. The number of hydrogen-bond acceptors (Lipinski definition) is 6. The summed E-state index contributed by atoms with van der Waals surface area (Å²) in [7, 11) is 1.65. The van der Waals surface area contributed by atoms with Gasteiger partial charge in [0.2, 0.25) is 5.43 Å². The molecule has 2 aromatic carbocycles. The van der Waals surface area contributed by atoms with Gasteiger partial charge in [-0.15, -0.1) is 0 Å². The van der Waals surface area contributed by atoms with Gasteiger partial charge in [-0.05, 0) is 24.3 Å². The van der Waals surface area contributed by atoms with Crippen LogP contribution in [0.4, 0.5) is 5.69 Å². The lowest BCUT2D eigenvalue weighted by Crippen LogP contribution is -2.48. The zero-order valence-corrected chi connectivity index (χ0v) is 16.5. The van der Waals surface area contributed by atoms with Crippen molar-refractivity contribution in [1.29, 1.82) is 0 Å². The third kappa shape index (κ3) is 2.99. The number of piperazine rings is 1. The van der Waals surface area contributed by atoms with Gasteiger partial charge in [-0.1, -0.05) is 24.3 Å². The monoisotopic (exact) mass is 404 g/mol. The molecule has 0 aliphatic carbocycles. The van der Waals surface area contributed by atoms with E-state index in [1.54, 1.807) is 36.3 Å². The maximum Gasteiger partial charge on any atom is 0.302 e. The summed E-state index contributed by atoms with van der Waals surface area (Å²) in [6.07, 6.45) is 0. The molecule has 30 heavy (non-hydrogen) atoms. The van der Waals surface area contributed by atoms with Gasteiger partial charge >= 0.3 is 5.78 Å². The lowest BCUT2D eigenvalue weighted by atomic mass is 10.2. The number of carbonyl (C=O) groups is 1. The van der Waals surface area contributed by atoms with E-state index in [9.17, 15) is 9.59 Å². The van der Waals surface area contributed by atoms with Crippen molar-refractivity contribution in [3.05, 3.63) is 70.6 Å². The number of furan rings is 1. The first-order valence-corrected chi connectivity index (χ1v) is 9.78. The minimum absolute atomic E-state index is 0.0784. The number of anilines is 1. The molecular weight excluding hydrogens is 384 g/mol. The van der Waals surface area contributed by atoms with Crippen LogP contribution >= 0.6 is 0 Å². The fourth-order valence-corrected chi connectivity index (χ4v) is 3.90. The molecule has 1 saturated heterocycles. The highest BCUT2D eigenvalue weighted by Crippen LogP contribution is 2.29. The van der Waals surface area contributed by atoms with Gasteiger partial charge in [0.05, 0.1) is 18.2 Å². The van der Waals surface area contributed by atoms with E-state index in [4.69, 9.17) is 13.6 Å². The van der Waals surface area contributed by atoms with Crippen molar-refractivity contribution < 1.29 is 18.4 Å². The van der Waals surface area contributed by atoms with Gasteiger partial charge in [-0.3, -0.25) is 9.59 Å². The fraction of sp³-hybridized carbons (Fsp3) is 0.217. The number of hydrogen-bond donors (Lipinski definition) is 0. The van der Waals surface area contributed by atoms with Gasteiger partial charge in [0, 0.05) is 32.2 Å². The molecule has 0 N–H and O–H groups in total. The maximum absolute atomic E-state index is 13.0. The molecule has 152 valence electrons. The fourth-order valence-electron chi connectivity index (χ4n) is 3.90. The highest BCUT2D eigenvalue weighted by atomic mass is 16.5. The summed E-state index contributed by atoms with van der Waals surface area (Å²) in [5.41, 5.74) is 1.25. The molecule has 7 nitrogen and oxygen atoms in total. The van der Waals surface area contributed by atoms with Crippen LogP contribution in [0.25, 0.3) is 22.1 Å². The quantitative estimate of drug-likeness (QED) is 0.520. The number of methoxy groups -OCH3 is 1. The Bertz CT molecular complexity index is 1300. The Morgan fingerprint density at radius 2 is 1.67 bits per heavy atom. The molecule has 4 aromatic rings. The van der Waals surface area contributed by atoms with E-state index < -0.39 is 0 Å². The largest absolute Gasteiger partial charge is 0.495 e. The number of benzene rings is 2. The number of ether oxygens (including phenoxy) is 1. The first-order valence-electron chi connectivity index (χ1n) is 9.78. The van der Waals surface area contributed by atoms with Crippen molar-refractivity contribution in [3.8, 4) is 5.75 Å². The number of para-hydroxylation sites is 3. The summed E-state index contributed by atoms with van der Waals surface area (Å²) in [5.74, 6) is 0.761. The first-order chi connectivity index (χ1) is 14.7. The molecule has 5 rings (SSSR count). The summed E-state index contributed by atoms with van der Waals surface area (Å²) < 4.78 is 16.8. The van der Waals surface area contributed by atoms with Crippen LogP contribution in [-0.4, -0.2) is 44.1 Å². The van der Waals surface area contributed by atoms with Crippen LogP contribution in [-0.2, 0) is 0 Å². The third-order valence-corrected chi connectivity index (χ3v) is 5.48. The molecule has 0 radical (unpaired) electrons. The second kappa shape index (κ2) is 7.26. The summed E-state index contributed by atoms with van der Waals surface area (Å²) in [4.78, 5) is 29.6. The Labute approximate surface area is 172 Å². The smallest absolute Gasteiger partial charge is 0.302 e. The van der Waals surface area contributed by atoms with E-state index >= 15 is 0 Å². The Morgan fingerprint density at radius 3 is 2.47 bits per heavy atom. The van der Waals surface area contributed by atoms with Crippen LogP contribution < -0.4 is 15.1 Å². The van der Waals surface area contributed by atoms with Crippen LogP contribution in [0.3, 0.4) is 0 Å². The summed E-state index contributed by atoms with van der Waals surface area (Å²) in [6, 6.07) is 16.3. The molecule has 1 amide bonds. The first kappa shape index (κ1) is 18.3. The molecule has 0 spiro atoms. The summed E-state index contributed by atoms with van der Waals surface area (Å²) in [6.45, 7) is 2.43.